The second kappa shape index (κ2) is 5.44. The number of carbonyl (C=O) groups is 1. The second-order valence-electron chi connectivity index (χ2n) is 3.91. The summed E-state index contributed by atoms with van der Waals surface area (Å²) in [6, 6.07) is 9.57. The van der Waals surface area contributed by atoms with Crippen LogP contribution < -0.4 is 0 Å². The number of hydrogen-bond acceptors (Lipinski definition) is 2. The zero-order chi connectivity index (χ0) is 11.3. The quantitative estimate of drug-likeness (QED) is 0.546. The summed E-state index contributed by atoms with van der Waals surface area (Å²) in [5.74, 6) is -0.0187. The van der Waals surface area contributed by atoms with Crippen LogP contribution in [0, 0.1) is 5.92 Å². The van der Waals surface area contributed by atoms with Gasteiger partial charge in [0.15, 0.2) is 5.78 Å². The summed E-state index contributed by atoms with van der Waals surface area (Å²) in [7, 11) is 0. The smallest absolute Gasteiger partial charge is 0.170 e. The second-order valence-corrected chi connectivity index (χ2v) is 3.91. The molecule has 0 radical (unpaired) electrons. The minimum Gasteiger partial charge on any atom is -0.294 e. The summed E-state index contributed by atoms with van der Waals surface area (Å²) in [5.41, 5.74) is 0.750. The number of Topliss-reactive ketones (excluding diaryl/α,β-unsaturated/α-hetero) is 1. The molecule has 0 aliphatic rings. The van der Waals surface area contributed by atoms with Crippen molar-refractivity contribution in [1.29, 1.82) is 0 Å². The Hall–Kier alpha value is -1.44. The fourth-order valence-electron chi connectivity index (χ4n) is 1.23. The molecule has 0 saturated carbocycles. The molecular formula is C13H17NO. The summed E-state index contributed by atoms with van der Waals surface area (Å²) in [5, 5.41) is 0. The number of benzene rings is 1. The van der Waals surface area contributed by atoms with Gasteiger partial charge < -0.3 is 0 Å². The minimum absolute atomic E-state index is 0.125. The van der Waals surface area contributed by atoms with Crippen LogP contribution in [0.4, 0.5) is 0 Å². The van der Waals surface area contributed by atoms with Crippen LogP contribution >= 0.6 is 0 Å². The third-order valence-corrected chi connectivity index (χ3v) is 2.08. The molecule has 0 spiro atoms. The summed E-state index contributed by atoms with van der Waals surface area (Å²) >= 11 is 0. The predicted octanol–water partition coefficient (Wildman–Crippen LogP) is 2.98. The van der Waals surface area contributed by atoms with E-state index >= 15 is 0 Å². The third kappa shape index (κ3) is 3.66. The number of carbonyl (C=O) groups excluding carboxylic acids is 1. The Bertz CT molecular complexity index is 341. The van der Waals surface area contributed by atoms with Crippen LogP contribution in [0.1, 0.15) is 31.1 Å². The van der Waals surface area contributed by atoms with Crippen LogP contribution in [0.25, 0.3) is 0 Å². The molecule has 0 aromatic heterocycles. The van der Waals surface area contributed by atoms with Crippen molar-refractivity contribution in [3.8, 4) is 0 Å². The average Bonchev–Trinajstić information content (AvgIpc) is 2.26. The Morgan fingerprint density at radius 3 is 2.33 bits per heavy atom. The fourth-order valence-corrected chi connectivity index (χ4v) is 1.23. The SMILES string of the molecule is CC(C)N=CC(C)C(=O)c1ccccc1. The molecule has 2 nitrogen and oxygen atoms in total. The summed E-state index contributed by atoms with van der Waals surface area (Å²) in [4.78, 5) is 16.1. The molecule has 0 aliphatic heterocycles. The Morgan fingerprint density at radius 1 is 1.20 bits per heavy atom. The van der Waals surface area contributed by atoms with Crippen LogP contribution in [0.3, 0.4) is 0 Å². The molecule has 0 saturated heterocycles. The van der Waals surface area contributed by atoms with Gasteiger partial charge in [-0.25, -0.2) is 0 Å². The molecule has 0 N–H and O–H groups in total. The topological polar surface area (TPSA) is 29.4 Å². The van der Waals surface area contributed by atoms with Crippen LogP contribution in [0.15, 0.2) is 35.3 Å². The maximum atomic E-state index is 11.9. The summed E-state index contributed by atoms with van der Waals surface area (Å²) in [6.45, 7) is 5.87. The Kier molecular flexibility index (Phi) is 4.22. The Balaban J connectivity index is 2.69. The number of hydrogen-bond donors (Lipinski definition) is 0. The monoisotopic (exact) mass is 203 g/mol. The third-order valence-electron chi connectivity index (χ3n) is 2.08. The van der Waals surface area contributed by atoms with Gasteiger partial charge in [-0.2, -0.15) is 0 Å². The molecule has 1 aromatic rings. The van der Waals surface area contributed by atoms with E-state index in [2.05, 4.69) is 4.99 Å². The van der Waals surface area contributed by atoms with Crippen molar-refractivity contribution in [1.82, 2.24) is 0 Å². The number of aliphatic imine (C=N–C) groups is 1. The molecule has 15 heavy (non-hydrogen) atoms. The van der Waals surface area contributed by atoms with Crippen molar-refractivity contribution in [2.75, 3.05) is 0 Å². The summed E-state index contributed by atoms with van der Waals surface area (Å²) in [6.07, 6.45) is 1.74. The lowest BCUT2D eigenvalue weighted by atomic mass is 10.0. The van der Waals surface area contributed by atoms with Gasteiger partial charge in [0.1, 0.15) is 0 Å². The van der Waals surface area contributed by atoms with E-state index in [-0.39, 0.29) is 17.7 Å². The number of rotatable bonds is 4. The molecule has 0 fully saturated rings. The highest BCUT2D eigenvalue weighted by Gasteiger charge is 2.12. The van der Waals surface area contributed by atoms with E-state index in [1.807, 2.05) is 51.1 Å². The lowest BCUT2D eigenvalue weighted by Crippen LogP contribution is -2.13. The lowest BCUT2D eigenvalue weighted by Gasteiger charge is -2.05. The van der Waals surface area contributed by atoms with Crippen molar-refractivity contribution in [3.05, 3.63) is 35.9 Å². The van der Waals surface area contributed by atoms with Gasteiger partial charge >= 0.3 is 0 Å². The largest absolute Gasteiger partial charge is 0.294 e. The maximum absolute atomic E-state index is 11.9. The van der Waals surface area contributed by atoms with E-state index in [1.165, 1.54) is 0 Å². The molecule has 0 amide bonds. The Morgan fingerprint density at radius 2 is 1.80 bits per heavy atom. The molecule has 1 aromatic carbocycles. The zero-order valence-corrected chi connectivity index (χ0v) is 9.47. The van der Waals surface area contributed by atoms with Gasteiger partial charge in [0, 0.05) is 17.8 Å². The van der Waals surface area contributed by atoms with E-state index in [0.29, 0.717) is 0 Å². The molecule has 0 heterocycles. The normalized spacial score (nSPS) is 13.3. The fraction of sp³-hybridized carbons (Fsp3) is 0.385. The Labute approximate surface area is 91.0 Å². The molecule has 1 unspecified atom stereocenters. The van der Waals surface area contributed by atoms with Gasteiger partial charge in [0.05, 0.1) is 5.92 Å². The van der Waals surface area contributed by atoms with Crippen molar-refractivity contribution in [2.45, 2.75) is 26.8 Å². The standard InChI is InChI=1S/C13H17NO/c1-10(2)14-9-11(3)13(15)12-7-5-4-6-8-12/h4-11H,1-3H3. The van der Waals surface area contributed by atoms with E-state index in [1.54, 1.807) is 6.21 Å². The first-order chi connectivity index (χ1) is 7.11. The lowest BCUT2D eigenvalue weighted by molar-refractivity contribution is 0.0963. The van der Waals surface area contributed by atoms with E-state index in [4.69, 9.17) is 0 Å². The first kappa shape index (κ1) is 11.6. The molecule has 80 valence electrons. The first-order valence-corrected chi connectivity index (χ1v) is 5.24. The van der Waals surface area contributed by atoms with Gasteiger partial charge in [-0.15, -0.1) is 0 Å². The van der Waals surface area contributed by atoms with Gasteiger partial charge in [0.25, 0.3) is 0 Å². The van der Waals surface area contributed by atoms with Crippen LogP contribution in [-0.4, -0.2) is 18.0 Å². The molecule has 1 atom stereocenters. The van der Waals surface area contributed by atoms with Gasteiger partial charge in [-0.3, -0.25) is 9.79 Å². The zero-order valence-electron chi connectivity index (χ0n) is 9.47. The molecule has 0 bridgehead atoms. The number of ketones is 1. The molecule has 0 aliphatic carbocycles. The van der Waals surface area contributed by atoms with Gasteiger partial charge in [-0.1, -0.05) is 37.3 Å². The average molecular weight is 203 g/mol. The summed E-state index contributed by atoms with van der Waals surface area (Å²) < 4.78 is 0. The molecule has 1 rings (SSSR count). The highest BCUT2D eigenvalue weighted by Crippen LogP contribution is 2.07. The van der Waals surface area contributed by atoms with Crippen molar-refractivity contribution >= 4 is 12.0 Å². The van der Waals surface area contributed by atoms with Crippen LogP contribution in [0.2, 0.25) is 0 Å². The highest BCUT2D eigenvalue weighted by atomic mass is 16.1. The van der Waals surface area contributed by atoms with E-state index < -0.39 is 0 Å². The van der Waals surface area contributed by atoms with Gasteiger partial charge in [0.2, 0.25) is 0 Å². The van der Waals surface area contributed by atoms with Crippen LogP contribution in [0.5, 0.6) is 0 Å². The predicted molar refractivity (Wildman–Crippen MR) is 63.6 cm³/mol. The maximum Gasteiger partial charge on any atom is 0.170 e. The number of nitrogens with zero attached hydrogens (tertiary/aromatic N) is 1. The molecule has 2 heteroatoms. The molecular weight excluding hydrogens is 186 g/mol. The van der Waals surface area contributed by atoms with Crippen molar-refractivity contribution in [3.63, 3.8) is 0 Å². The van der Waals surface area contributed by atoms with Crippen LogP contribution in [-0.2, 0) is 0 Å². The van der Waals surface area contributed by atoms with Crippen molar-refractivity contribution < 1.29 is 4.79 Å². The van der Waals surface area contributed by atoms with E-state index in [9.17, 15) is 4.79 Å². The first-order valence-electron chi connectivity index (χ1n) is 5.24. The van der Waals surface area contributed by atoms with E-state index in [0.717, 1.165) is 5.56 Å². The highest BCUT2D eigenvalue weighted by molar-refractivity contribution is 6.05. The van der Waals surface area contributed by atoms with Gasteiger partial charge in [-0.05, 0) is 13.8 Å². The van der Waals surface area contributed by atoms with Crippen molar-refractivity contribution in [2.24, 2.45) is 10.9 Å². The minimum atomic E-state index is -0.144.